The van der Waals surface area contributed by atoms with E-state index in [0.717, 1.165) is 47.0 Å². The van der Waals surface area contributed by atoms with Crippen molar-refractivity contribution in [3.05, 3.63) is 89.7 Å². The van der Waals surface area contributed by atoms with Crippen LogP contribution in [0.1, 0.15) is 55.7 Å². The van der Waals surface area contributed by atoms with Crippen molar-refractivity contribution < 1.29 is 22.7 Å². The predicted octanol–water partition coefficient (Wildman–Crippen LogP) is 8.43. The molecule has 0 aliphatic carbocycles. The number of nitrogens with one attached hydrogen (secondary N) is 1. The Hall–Kier alpha value is -4.32. The van der Waals surface area contributed by atoms with Crippen LogP contribution < -0.4 is 15.0 Å². The van der Waals surface area contributed by atoms with Crippen LogP contribution in [0.3, 0.4) is 0 Å². The summed E-state index contributed by atoms with van der Waals surface area (Å²) in [6.45, 7) is 9.05. The molecule has 0 radical (unpaired) electrons. The molecule has 0 spiro atoms. The van der Waals surface area contributed by atoms with E-state index in [4.69, 9.17) is 0 Å². The zero-order chi connectivity index (χ0) is 32.8. The summed E-state index contributed by atoms with van der Waals surface area (Å²) in [5, 5.41) is 8.19. The Morgan fingerprint density at radius 3 is 2.46 bits per heavy atom. The Kier molecular flexibility index (Phi) is 10.4. The number of urea groups is 1. The van der Waals surface area contributed by atoms with Gasteiger partial charge in [-0.25, -0.2) is 14.5 Å². The van der Waals surface area contributed by atoms with Crippen LogP contribution in [0.4, 0.5) is 23.7 Å². The van der Waals surface area contributed by atoms with Gasteiger partial charge in [0.1, 0.15) is 12.1 Å². The number of aliphatic imine (C=N–C) groups is 1. The monoisotopic (exact) mass is 650 g/mol. The van der Waals surface area contributed by atoms with E-state index in [0.29, 0.717) is 18.1 Å². The van der Waals surface area contributed by atoms with Gasteiger partial charge >= 0.3 is 12.4 Å². The lowest BCUT2D eigenvalue weighted by molar-refractivity contribution is -0.274. The van der Waals surface area contributed by atoms with Crippen molar-refractivity contribution in [3.8, 4) is 22.8 Å². The molecule has 1 saturated heterocycles. The minimum Gasteiger partial charge on any atom is -0.406 e. The van der Waals surface area contributed by atoms with Gasteiger partial charge in [0, 0.05) is 29.6 Å². The van der Waals surface area contributed by atoms with E-state index >= 15 is 0 Å². The Morgan fingerprint density at radius 1 is 1.09 bits per heavy atom. The summed E-state index contributed by atoms with van der Waals surface area (Å²) in [6, 6.07) is 19.6. The number of alkyl halides is 3. The average Bonchev–Trinajstić information content (AvgIpc) is 3.50. The van der Waals surface area contributed by atoms with Gasteiger partial charge in [0.15, 0.2) is 11.0 Å². The SMILES string of the molecule is Cc1cccc(C)c1N1/C(=N/C(=O)NCCCC(C)c2ccc(-c3ncn(-c4ccc(OC(F)(F)F)cc4)n3)cc2)SCCC1C. The molecular formula is C34H37F3N6O2S. The van der Waals surface area contributed by atoms with Crippen LogP contribution in [-0.4, -0.2) is 50.7 Å². The number of ether oxygens (including phenoxy) is 1. The highest BCUT2D eigenvalue weighted by atomic mass is 32.2. The Labute approximate surface area is 271 Å². The number of para-hydroxylation sites is 1. The molecule has 2 amide bonds. The summed E-state index contributed by atoms with van der Waals surface area (Å²) in [5.74, 6) is 1.41. The smallest absolute Gasteiger partial charge is 0.406 e. The maximum Gasteiger partial charge on any atom is 0.573 e. The molecule has 1 aliphatic heterocycles. The molecule has 3 aromatic carbocycles. The second-order valence-corrected chi connectivity index (χ2v) is 12.5. The summed E-state index contributed by atoms with van der Waals surface area (Å²) in [7, 11) is 0. The molecule has 2 unspecified atom stereocenters. The molecule has 0 bridgehead atoms. The van der Waals surface area contributed by atoms with Gasteiger partial charge < -0.3 is 15.0 Å². The van der Waals surface area contributed by atoms with Gasteiger partial charge in [-0.2, -0.15) is 4.99 Å². The van der Waals surface area contributed by atoms with Crippen molar-refractivity contribution in [2.75, 3.05) is 17.2 Å². The molecule has 5 rings (SSSR count). The van der Waals surface area contributed by atoms with Crippen LogP contribution in [-0.2, 0) is 0 Å². The predicted molar refractivity (Wildman–Crippen MR) is 177 cm³/mol. The van der Waals surface area contributed by atoms with Gasteiger partial charge in [-0.1, -0.05) is 61.2 Å². The van der Waals surface area contributed by atoms with Crippen LogP contribution in [0.2, 0.25) is 0 Å². The highest BCUT2D eigenvalue weighted by Crippen LogP contribution is 2.34. The third-order valence-corrected chi connectivity index (χ3v) is 8.93. The number of benzene rings is 3. The van der Waals surface area contributed by atoms with Gasteiger partial charge in [0.05, 0.1) is 5.69 Å². The molecule has 1 aromatic heterocycles. The lowest BCUT2D eigenvalue weighted by Crippen LogP contribution is -2.43. The number of thioether (sulfide) groups is 1. The van der Waals surface area contributed by atoms with Crippen LogP contribution in [0, 0.1) is 13.8 Å². The van der Waals surface area contributed by atoms with Gasteiger partial charge in [-0.3, -0.25) is 0 Å². The molecule has 242 valence electrons. The summed E-state index contributed by atoms with van der Waals surface area (Å²) < 4.78 is 42.7. The Bertz CT molecular complexity index is 1650. The maximum absolute atomic E-state index is 12.8. The van der Waals surface area contributed by atoms with E-state index in [1.165, 1.54) is 46.4 Å². The second kappa shape index (κ2) is 14.4. The molecule has 1 aliphatic rings. The van der Waals surface area contributed by atoms with Gasteiger partial charge in [0.2, 0.25) is 0 Å². The molecular weight excluding hydrogens is 613 g/mol. The number of amides is 2. The molecule has 0 saturated carbocycles. The maximum atomic E-state index is 12.8. The van der Waals surface area contributed by atoms with Crippen molar-refractivity contribution in [1.82, 2.24) is 20.1 Å². The van der Waals surface area contributed by atoms with E-state index < -0.39 is 6.36 Å². The number of hydrogen-bond acceptors (Lipinski definition) is 5. The number of anilines is 1. The zero-order valence-corrected chi connectivity index (χ0v) is 27.0. The van der Waals surface area contributed by atoms with E-state index in [1.54, 1.807) is 11.8 Å². The first-order valence-corrected chi connectivity index (χ1v) is 16.2. The number of nitrogens with zero attached hydrogens (tertiary/aromatic N) is 5. The molecule has 46 heavy (non-hydrogen) atoms. The number of aryl methyl sites for hydroxylation is 2. The fourth-order valence-corrected chi connectivity index (χ4v) is 6.67. The fourth-order valence-electron chi connectivity index (χ4n) is 5.47. The number of carbonyl (C=O) groups excluding carboxylic acids is 1. The number of rotatable bonds is 9. The van der Waals surface area contributed by atoms with E-state index in [1.807, 2.05) is 24.3 Å². The first-order valence-electron chi connectivity index (χ1n) is 15.2. The number of aromatic nitrogens is 3. The molecule has 1 fully saturated rings. The fraction of sp³-hybridized carbons (Fsp3) is 0.353. The van der Waals surface area contributed by atoms with Crippen LogP contribution in [0.25, 0.3) is 17.1 Å². The third kappa shape index (κ3) is 8.28. The van der Waals surface area contributed by atoms with E-state index in [9.17, 15) is 18.0 Å². The largest absolute Gasteiger partial charge is 0.573 e. The zero-order valence-electron chi connectivity index (χ0n) is 26.2. The third-order valence-electron chi connectivity index (χ3n) is 7.95. The lowest BCUT2D eigenvalue weighted by Gasteiger charge is -2.37. The first-order chi connectivity index (χ1) is 22.0. The minimum absolute atomic E-state index is 0.258. The highest BCUT2D eigenvalue weighted by Gasteiger charge is 2.31. The van der Waals surface area contributed by atoms with Crippen molar-refractivity contribution in [2.24, 2.45) is 4.99 Å². The Morgan fingerprint density at radius 2 is 1.78 bits per heavy atom. The first kappa shape index (κ1) is 33.1. The lowest BCUT2D eigenvalue weighted by atomic mass is 9.95. The van der Waals surface area contributed by atoms with Crippen LogP contribution >= 0.6 is 11.8 Å². The minimum atomic E-state index is -4.74. The van der Waals surface area contributed by atoms with Gasteiger partial charge in [-0.05, 0) is 86.9 Å². The van der Waals surface area contributed by atoms with Crippen molar-refractivity contribution in [3.63, 3.8) is 0 Å². The van der Waals surface area contributed by atoms with Gasteiger partial charge in [0.25, 0.3) is 0 Å². The topological polar surface area (TPSA) is 84.6 Å². The number of amidine groups is 1. The molecule has 1 N–H and O–H groups in total. The quantitative estimate of drug-likeness (QED) is 0.183. The molecule has 8 nitrogen and oxygen atoms in total. The number of halogens is 3. The number of carbonyl (C=O) groups is 1. The molecule has 2 atom stereocenters. The van der Waals surface area contributed by atoms with Crippen LogP contribution in [0.15, 0.2) is 78.0 Å². The summed E-state index contributed by atoms with van der Waals surface area (Å²) >= 11 is 1.62. The van der Waals surface area contributed by atoms with Gasteiger partial charge in [-0.15, -0.1) is 18.3 Å². The Balaban J connectivity index is 1.12. The second-order valence-electron chi connectivity index (χ2n) is 11.4. The summed E-state index contributed by atoms with van der Waals surface area (Å²) in [5.41, 5.74) is 6.01. The van der Waals surface area contributed by atoms with Crippen molar-refractivity contribution in [1.29, 1.82) is 0 Å². The number of hydrogen-bond donors (Lipinski definition) is 1. The standard InChI is InChI=1S/C34H37F3N6O2S/c1-22(9-6-19-38-32(44)40-33-43(25(4)18-20-46-33)30-23(2)7-5-8-24(30)3)26-10-12-27(13-11-26)31-39-21-42(41-31)28-14-16-29(17-15-28)45-34(35,36)37/h5,7-8,10-17,21-22,25H,6,9,18-20H2,1-4H3,(H,38,44)/b40-33-. The summed E-state index contributed by atoms with van der Waals surface area (Å²) in [6.07, 6.45) is -0.507. The van der Waals surface area contributed by atoms with Crippen molar-refractivity contribution in [2.45, 2.75) is 65.3 Å². The summed E-state index contributed by atoms with van der Waals surface area (Å²) in [4.78, 5) is 23.8. The highest BCUT2D eigenvalue weighted by molar-refractivity contribution is 8.14. The van der Waals surface area contributed by atoms with Crippen LogP contribution in [0.5, 0.6) is 5.75 Å². The van der Waals surface area contributed by atoms with E-state index in [2.05, 4.69) is 75.9 Å². The molecule has 2 heterocycles. The van der Waals surface area contributed by atoms with E-state index in [-0.39, 0.29) is 23.7 Å². The average molecular weight is 651 g/mol. The molecule has 4 aromatic rings. The normalized spacial score (nSPS) is 16.8. The van der Waals surface area contributed by atoms with Crippen molar-refractivity contribution >= 4 is 28.6 Å². The molecule has 12 heteroatoms.